The largest absolute Gasteiger partial charge is 0.495 e. The van der Waals surface area contributed by atoms with Crippen LogP contribution in [0, 0.1) is 5.82 Å². The fourth-order valence-electron chi connectivity index (χ4n) is 5.18. The van der Waals surface area contributed by atoms with Crippen LogP contribution >= 0.6 is 11.6 Å². The summed E-state index contributed by atoms with van der Waals surface area (Å²) < 4.78 is 24.3. The maximum absolute atomic E-state index is 13.6. The highest BCUT2D eigenvalue weighted by Crippen LogP contribution is 2.32. The average molecular weight is 588 g/mol. The molecule has 2 aliphatic heterocycles. The van der Waals surface area contributed by atoms with Gasteiger partial charge in [0.1, 0.15) is 17.2 Å². The van der Waals surface area contributed by atoms with E-state index in [4.69, 9.17) is 26.8 Å². The summed E-state index contributed by atoms with van der Waals surface area (Å²) in [5, 5.41) is 2.78. The smallest absolute Gasteiger partial charge is 0.410 e. The van der Waals surface area contributed by atoms with Crippen LogP contribution in [0.3, 0.4) is 0 Å². The number of rotatable bonds is 6. The molecule has 2 heterocycles. The number of nitrogens with zero attached hydrogens (tertiary/aromatic N) is 3. The molecule has 0 radical (unpaired) electrons. The van der Waals surface area contributed by atoms with Crippen LogP contribution in [0.5, 0.6) is 5.75 Å². The average Bonchev–Trinajstić information content (AvgIpc) is 2.87. The number of hydrogen-bond acceptors (Lipinski definition) is 6. The normalized spacial score (nSPS) is 19.3. The molecule has 2 aliphatic rings. The number of primary amides is 1. The Morgan fingerprint density at radius 1 is 1.10 bits per heavy atom. The van der Waals surface area contributed by atoms with E-state index in [0.717, 1.165) is 5.56 Å². The number of benzene rings is 2. The van der Waals surface area contributed by atoms with Gasteiger partial charge in [-0.1, -0.05) is 23.7 Å². The van der Waals surface area contributed by atoms with Crippen molar-refractivity contribution in [3.05, 3.63) is 64.4 Å². The number of carbonyl (C=O) groups is 3. The van der Waals surface area contributed by atoms with E-state index in [9.17, 15) is 18.8 Å². The molecule has 4 amide bonds. The molecule has 4 rings (SSSR count). The number of halogens is 2. The topological polar surface area (TPSA) is 117 Å². The molecule has 0 saturated carbocycles. The summed E-state index contributed by atoms with van der Waals surface area (Å²) >= 11 is 6.21. The van der Waals surface area contributed by atoms with Gasteiger partial charge in [0.15, 0.2) is 0 Å². The molecular weight excluding hydrogens is 553 g/mol. The molecule has 2 bridgehead atoms. The minimum atomic E-state index is -0.777. The number of nitrogens with one attached hydrogen (secondary N) is 1. The van der Waals surface area contributed by atoms with Gasteiger partial charge in [-0.3, -0.25) is 9.69 Å². The number of ether oxygens (including phenoxy) is 2. The Morgan fingerprint density at radius 3 is 2.29 bits per heavy atom. The Morgan fingerprint density at radius 2 is 1.73 bits per heavy atom. The lowest BCUT2D eigenvalue weighted by Gasteiger charge is -2.52. The van der Waals surface area contributed by atoms with E-state index in [1.165, 1.54) is 31.4 Å². The number of carbonyl (C=O) groups excluding carboxylic acids is 3. The van der Waals surface area contributed by atoms with Gasteiger partial charge < -0.3 is 30.3 Å². The minimum absolute atomic E-state index is 0.246. The van der Waals surface area contributed by atoms with E-state index in [1.807, 2.05) is 20.8 Å². The van der Waals surface area contributed by atoms with Gasteiger partial charge in [-0.2, -0.15) is 0 Å². The summed E-state index contributed by atoms with van der Waals surface area (Å²) in [4.78, 5) is 43.7. The molecule has 2 fully saturated rings. The molecule has 3 N–H and O–H groups in total. The molecule has 41 heavy (non-hydrogen) atoms. The molecule has 2 atom stereocenters. The third kappa shape index (κ3) is 7.68. The Kier molecular flexibility index (Phi) is 9.08. The number of urea groups is 1. The zero-order valence-electron chi connectivity index (χ0n) is 23.5. The zero-order valence-corrected chi connectivity index (χ0v) is 24.3. The number of hydrogen-bond donors (Lipinski definition) is 2. The zero-order chi connectivity index (χ0) is 29.9. The summed E-state index contributed by atoms with van der Waals surface area (Å²) in [6.45, 7) is 7.65. The standard InChI is InChI=1S/C29H35ClFN5O5/c1-29(2,3)41-28(39)35-16-21-14-34(13-18-5-8-20(31)9-6-18)15-22(17-35)36(21)26(37)10-7-19-11-25(40-4)23(30)12-24(19)33-27(32)38/h5-12,21-22H,13-17H2,1-4H3,(H3,32,33,38)/b10-7+. The first-order chi connectivity index (χ1) is 19.3. The second-order valence-electron chi connectivity index (χ2n) is 11.2. The SMILES string of the molecule is COc1cc(/C=C/C(=O)N2C3CN(Cc4ccc(F)cc4)CC2CN(C(=O)OC(C)(C)C)C3)c(NC(N)=O)cc1Cl. The van der Waals surface area contributed by atoms with E-state index in [1.54, 1.807) is 34.1 Å². The third-order valence-corrected chi connectivity index (χ3v) is 7.10. The van der Waals surface area contributed by atoms with Gasteiger partial charge in [0.2, 0.25) is 5.91 Å². The van der Waals surface area contributed by atoms with Crippen molar-refractivity contribution < 1.29 is 28.2 Å². The molecule has 12 heteroatoms. The summed E-state index contributed by atoms with van der Waals surface area (Å²) in [7, 11) is 1.46. The van der Waals surface area contributed by atoms with Gasteiger partial charge in [-0.15, -0.1) is 0 Å². The third-order valence-electron chi connectivity index (χ3n) is 6.80. The molecule has 0 aliphatic carbocycles. The summed E-state index contributed by atoms with van der Waals surface area (Å²) in [6.07, 6.45) is 2.57. The second-order valence-corrected chi connectivity index (χ2v) is 11.6. The van der Waals surface area contributed by atoms with Crippen LogP contribution in [0.15, 0.2) is 42.5 Å². The van der Waals surface area contributed by atoms with Gasteiger partial charge in [0, 0.05) is 44.4 Å². The number of anilines is 1. The Balaban J connectivity index is 1.57. The Hall–Kier alpha value is -3.83. The van der Waals surface area contributed by atoms with Gasteiger partial charge in [0.25, 0.3) is 0 Å². The van der Waals surface area contributed by atoms with Crippen molar-refractivity contribution in [3.8, 4) is 5.75 Å². The Labute approximate surface area is 243 Å². The predicted molar refractivity (Wildman–Crippen MR) is 154 cm³/mol. The molecule has 2 unspecified atom stereocenters. The first kappa shape index (κ1) is 30.1. The first-order valence-electron chi connectivity index (χ1n) is 13.2. The lowest BCUT2D eigenvalue weighted by Crippen LogP contribution is -2.70. The highest BCUT2D eigenvalue weighted by atomic mass is 35.5. The van der Waals surface area contributed by atoms with Gasteiger partial charge in [0.05, 0.1) is 29.9 Å². The maximum atomic E-state index is 13.6. The van der Waals surface area contributed by atoms with Crippen molar-refractivity contribution >= 4 is 41.4 Å². The van der Waals surface area contributed by atoms with Crippen LogP contribution in [0.2, 0.25) is 5.02 Å². The molecule has 0 aromatic heterocycles. The van der Waals surface area contributed by atoms with Crippen molar-refractivity contribution in [1.29, 1.82) is 0 Å². The van der Waals surface area contributed by atoms with E-state index in [0.29, 0.717) is 49.7 Å². The maximum Gasteiger partial charge on any atom is 0.410 e. The van der Waals surface area contributed by atoms with Crippen molar-refractivity contribution in [2.75, 3.05) is 38.6 Å². The number of piperazine rings is 2. The minimum Gasteiger partial charge on any atom is -0.495 e. The molecular formula is C29H35ClFN5O5. The van der Waals surface area contributed by atoms with Crippen LogP contribution in [0.1, 0.15) is 31.9 Å². The molecule has 2 aromatic rings. The van der Waals surface area contributed by atoms with Gasteiger partial charge in [-0.05, 0) is 56.7 Å². The number of amides is 4. The van der Waals surface area contributed by atoms with Gasteiger partial charge >= 0.3 is 12.1 Å². The monoisotopic (exact) mass is 587 g/mol. The molecule has 10 nitrogen and oxygen atoms in total. The fourth-order valence-corrected chi connectivity index (χ4v) is 5.42. The van der Waals surface area contributed by atoms with Crippen molar-refractivity contribution in [2.24, 2.45) is 5.73 Å². The second kappa shape index (κ2) is 12.4. The van der Waals surface area contributed by atoms with Crippen LogP contribution < -0.4 is 15.8 Å². The van der Waals surface area contributed by atoms with Gasteiger partial charge in [-0.25, -0.2) is 14.0 Å². The van der Waals surface area contributed by atoms with E-state index < -0.39 is 17.7 Å². The van der Waals surface area contributed by atoms with Crippen LogP contribution in [0.25, 0.3) is 6.08 Å². The van der Waals surface area contributed by atoms with E-state index in [2.05, 4.69) is 10.2 Å². The van der Waals surface area contributed by atoms with Crippen molar-refractivity contribution in [2.45, 2.75) is 45.0 Å². The van der Waals surface area contributed by atoms with E-state index in [-0.39, 0.29) is 28.8 Å². The lowest BCUT2D eigenvalue weighted by atomic mass is 9.99. The van der Waals surface area contributed by atoms with Crippen LogP contribution in [-0.4, -0.2) is 83.7 Å². The number of fused-ring (bicyclic) bond motifs is 2. The lowest BCUT2D eigenvalue weighted by molar-refractivity contribution is -0.140. The number of methoxy groups -OCH3 is 1. The predicted octanol–water partition coefficient (Wildman–Crippen LogP) is 4.32. The quantitative estimate of drug-likeness (QED) is 0.486. The summed E-state index contributed by atoms with van der Waals surface area (Å²) in [6, 6.07) is 8.05. The molecule has 2 aromatic carbocycles. The van der Waals surface area contributed by atoms with Crippen molar-refractivity contribution in [1.82, 2.24) is 14.7 Å². The first-order valence-corrected chi connectivity index (χ1v) is 13.6. The summed E-state index contributed by atoms with van der Waals surface area (Å²) in [5.74, 6) is -0.175. The highest BCUT2D eigenvalue weighted by Gasteiger charge is 2.44. The van der Waals surface area contributed by atoms with Crippen LogP contribution in [0.4, 0.5) is 19.7 Å². The molecule has 2 saturated heterocycles. The van der Waals surface area contributed by atoms with Crippen LogP contribution in [-0.2, 0) is 16.1 Å². The fraction of sp³-hybridized carbons (Fsp3) is 0.414. The summed E-state index contributed by atoms with van der Waals surface area (Å²) in [5.41, 5.74) is 6.43. The van der Waals surface area contributed by atoms with Crippen molar-refractivity contribution in [3.63, 3.8) is 0 Å². The Bertz CT molecular complexity index is 1310. The van der Waals surface area contributed by atoms with E-state index >= 15 is 0 Å². The molecule has 0 spiro atoms. The highest BCUT2D eigenvalue weighted by molar-refractivity contribution is 6.32. The number of nitrogens with two attached hydrogens (primary N) is 1. The molecule has 220 valence electrons.